The fraction of sp³-hybridized carbons (Fsp3) is 0.750. The van der Waals surface area contributed by atoms with Gasteiger partial charge in [0, 0.05) is 13.1 Å². The molecular formula is C8H17BrN2O4. The molecular weight excluding hydrogens is 268 g/mol. The van der Waals surface area contributed by atoms with Crippen molar-refractivity contribution in [2.24, 2.45) is 0 Å². The van der Waals surface area contributed by atoms with Gasteiger partial charge in [0.15, 0.2) is 0 Å². The van der Waals surface area contributed by atoms with Crippen LogP contribution in [0.25, 0.3) is 0 Å². The summed E-state index contributed by atoms with van der Waals surface area (Å²) in [5.74, 6) is -1.84. The van der Waals surface area contributed by atoms with Crippen molar-refractivity contribution in [3.05, 3.63) is 0 Å². The Balaban J connectivity index is 0. The van der Waals surface area contributed by atoms with E-state index in [9.17, 15) is 9.59 Å². The zero-order valence-electron chi connectivity index (χ0n) is 8.69. The molecule has 0 amide bonds. The van der Waals surface area contributed by atoms with Crippen LogP contribution in [0.4, 0.5) is 0 Å². The Morgan fingerprint density at radius 2 is 1.27 bits per heavy atom. The standard InChI is InChI=1S/C8H16N2O4.BrH/c1-5(7(11)12)9-3-4-10-6(2)8(13)14;/h5-6,9-10H,3-4H2,1-2H3,(H,11,12)(H,13,14);1H. The van der Waals surface area contributed by atoms with E-state index < -0.39 is 24.0 Å². The molecule has 90 valence electrons. The van der Waals surface area contributed by atoms with Crippen LogP contribution in [0.2, 0.25) is 0 Å². The van der Waals surface area contributed by atoms with Gasteiger partial charge in [-0.05, 0) is 13.8 Å². The van der Waals surface area contributed by atoms with Gasteiger partial charge in [0.2, 0.25) is 0 Å². The summed E-state index contributed by atoms with van der Waals surface area (Å²) in [7, 11) is 0. The van der Waals surface area contributed by atoms with Gasteiger partial charge in [0.1, 0.15) is 12.1 Å². The fourth-order valence-corrected chi connectivity index (χ4v) is 0.752. The Bertz CT molecular complexity index is 191. The maximum atomic E-state index is 10.4. The summed E-state index contributed by atoms with van der Waals surface area (Å²) < 4.78 is 0. The van der Waals surface area contributed by atoms with E-state index >= 15 is 0 Å². The Morgan fingerprint density at radius 1 is 1.00 bits per heavy atom. The van der Waals surface area contributed by atoms with Gasteiger partial charge in [-0.15, -0.1) is 17.0 Å². The third-order valence-electron chi connectivity index (χ3n) is 1.77. The van der Waals surface area contributed by atoms with Crippen molar-refractivity contribution in [1.82, 2.24) is 10.6 Å². The molecule has 0 fully saturated rings. The van der Waals surface area contributed by atoms with Crippen LogP contribution in [0, 0.1) is 0 Å². The van der Waals surface area contributed by atoms with E-state index in [-0.39, 0.29) is 17.0 Å². The third kappa shape index (κ3) is 8.34. The number of hydrogen-bond acceptors (Lipinski definition) is 4. The third-order valence-corrected chi connectivity index (χ3v) is 1.77. The number of nitrogens with one attached hydrogen (secondary N) is 2. The van der Waals surface area contributed by atoms with Crippen LogP contribution in [-0.2, 0) is 9.59 Å². The van der Waals surface area contributed by atoms with Crippen molar-refractivity contribution in [3.63, 3.8) is 0 Å². The second-order valence-corrected chi connectivity index (χ2v) is 3.03. The molecule has 6 nitrogen and oxygen atoms in total. The second kappa shape index (κ2) is 8.63. The maximum absolute atomic E-state index is 10.4. The largest absolute Gasteiger partial charge is 0.480 e. The molecule has 0 aliphatic carbocycles. The highest BCUT2D eigenvalue weighted by atomic mass is 79.9. The number of carboxylic acids is 2. The van der Waals surface area contributed by atoms with E-state index in [0.717, 1.165) is 0 Å². The molecule has 0 aliphatic rings. The van der Waals surface area contributed by atoms with E-state index in [0.29, 0.717) is 13.1 Å². The SMILES string of the molecule is Br.CC(NCCNC(C)C(=O)O)C(=O)O. The van der Waals surface area contributed by atoms with E-state index in [1.54, 1.807) is 0 Å². The highest BCUT2D eigenvalue weighted by Crippen LogP contribution is 1.81. The van der Waals surface area contributed by atoms with E-state index in [2.05, 4.69) is 10.6 Å². The average molecular weight is 285 g/mol. The van der Waals surface area contributed by atoms with Crippen molar-refractivity contribution in [1.29, 1.82) is 0 Å². The minimum atomic E-state index is -0.920. The number of carbonyl (C=O) groups is 2. The molecule has 0 radical (unpaired) electrons. The van der Waals surface area contributed by atoms with E-state index in [4.69, 9.17) is 10.2 Å². The summed E-state index contributed by atoms with van der Waals surface area (Å²) in [6.07, 6.45) is 0. The Morgan fingerprint density at radius 3 is 1.47 bits per heavy atom. The molecule has 0 rings (SSSR count). The number of hydrogen-bond donors (Lipinski definition) is 4. The average Bonchev–Trinajstić information content (AvgIpc) is 2.11. The molecule has 0 bridgehead atoms. The van der Waals surface area contributed by atoms with Gasteiger partial charge in [-0.2, -0.15) is 0 Å². The lowest BCUT2D eigenvalue weighted by atomic mass is 10.3. The minimum absolute atomic E-state index is 0. The summed E-state index contributed by atoms with van der Waals surface area (Å²) in [6.45, 7) is 3.90. The van der Waals surface area contributed by atoms with Crippen LogP contribution in [0.15, 0.2) is 0 Å². The molecule has 0 aromatic rings. The summed E-state index contributed by atoms with van der Waals surface area (Å²) in [4.78, 5) is 20.7. The van der Waals surface area contributed by atoms with Gasteiger partial charge in [-0.25, -0.2) is 0 Å². The van der Waals surface area contributed by atoms with Crippen molar-refractivity contribution < 1.29 is 19.8 Å². The van der Waals surface area contributed by atoms with Gasteiger partial charge >= 0.3 is 11.9 Å². The lowest BCUT2D eigenvalue weighted by molar-refractivity contribution is -0.140. The smallest absolute Gasteiger partial charge is 0.320 e. The van der Waals surface area contributed by atoms with Gasteiger partial charge < -0.3 is 20.8 Å². The second-order valence-electron chi connectivity index (χ2n) is 3.03. The van der Waals surface area contributed by atoms with Gasteiger partial charge in [-0.3, -0.25) is 9.59 Å². The lowest BCUT2D eigenvalue weighted by Gasteiger charge is -2.11. The highest BCUT2D eigenvalue weighted by molar-refractivity contribution is 8.93. The number of aliphatic carboxylic acids is 2. The fourth-order valence-electron chi connectivity index (χ4n) is 0.752. The highest BCUT2D eigenvalue weighted by Gasteiger charge is 2.11. The molecule has 0 aliphatic heterocycles. The molecule has 0 aromatic heterocycles. The predicted molar refractivity (Wildman–Crippen MR) is 60.5 cm³/mol. The number of carboxylic acid groups (broad SMARTS) is 2. The normalized spacial score (nSPS) is 13.7. The van der Waals surface area contributed by atoms with Crippen LogP contribution in [0.5, 0.6) is 0 Å². The van der Waals surface area contributed by atoms with Gasteiger partial charge in [0.25, 0.3) is 0 Å². The lowest BCUT2D eigenvalue weighted by Crippen LogP contribution is -2.42. The van der Waals surface area contributed by atoms with E-state index in [1.165, 1.54) is 13.8 Å². The van der Waals surface area contributed by atoms with Crippen LogP contribution >= 0.6 is 17.0 Å². The molecule has 2 unspecified atom stereocenters. The van der Waals surface area contributed by atoms with Crippen LogP contribution < -0.4 is 10.6 Å². The first kappa shape index (κ1) is 16.8. The number of halogens is 1. The Hall–Kier alpha value is -0.660. The number of rotatable bonds is 7. The van der Waals surface area contributed by atoms with Crippen molar-refractivity contribution in [2.45, 2.75) is 25.9 Å². The summed E-state index contributed by atoms with van der Waals surface area (Å²) in [6, 6.07) is -1.23. The van der Waals surface area contributed by atoms with Gasteiger partial charge in [-0.1, -0.05) is 0 Å². The molecule has 0 spiro atoms. The first-order valence-corrected chi connectivity index (χ1v) is 4.37. The summed E-state index contributed by atoms with van der Waals surface area (Å²) >= 11 is 0. The summed E-state index contributed by atoms with van der Waals surface area (Å²) in [5, 5.41) is 22.4. The van der Waals surface area contributed by atoms with Crippen LogP contribution in [0.3, 0.4) is 0 Å². The minimum Gasteiger partial charge on any atom is -0.480 e. The first-order chi connectivity index (χ1) is 6.45. The molecule has 4 N–H and O–H groups in total. The molecule has 0 saturated heterocycles. The zero-order chi connectivity index (χ0) is 11.1. The monoisotopic (exact) mass is 284 g/mol. The molecule has 0 aromatic carbocycles. The van der Waals surface area contributed by atoms with E-state index in [1.807, 2.05) is 0 Å². The first-order valence-electron chi connectivity index (χ1n) is 4.37. The maximum Gasteiger partial charge on any atom is 0.320 e. The summed E-state index contributed by atoms with van der Waals surface area (Å²) in [5.41, 5.74) is 0. The molecule has 7 heteroatoms. The topological polar surface area (TPSA) is 98.7 Å². The molecule has 2 atom stereocenters. The van der Waals surface area contributed by atoms with Gasteiger partial charge in [0.05, 0.1) is 0 Å². The van der Waals surface area contributed by atoms with Crippen LogP contribution in [-0.4, -0.2) is 47.3 Å². The Kier molecular flexibility index (Phi) is 9.64. The predicted octanol–water partition coefficient (Wildman–Crippen LogP) is -0.310. The zero-order valence-corrected chi connectivity index (χ0v) is 10.4. The van der Waals surface area contributed by atoms with Crippen molar-refractivity contribution in [3.8, 4) is 0 Å². The quantitative estimate of drug-likeness (QED) is 0.479. The van der Waals surface area contributed by atoms with Crippen molar-refractivity contribution >= 4 is 28.9 Å². The van der Waals surface area contributed by atoms with Crippen molar-refractivity contribution in [2.75, 3.05) is 13.1 Å². The molecule has 0 saturated carbocycles. The molecule has 15 heavy (non-hydrogen) atoms. The molecule has 0 heterocycles. The van der Waals surface area contributed by atoms with Crippen LogP contribution in [0.1, 0.15) is 13.8 Å². The Labute approximate surface area is 98.8 Å².